The first kappa shape index (κ1) is 18.5. The molecule has 0 aliphatic carbocycles. The van der Waals surface area contributed by atoms with Crippen LogP contribution in [0.15, 0.2) is 18.2 Å². The summed E-state index contributed by atoms with van der Waals surface area (Å²) in [6, 6.07) is 4.11. The Morgan fingerprint density at radius 3 is 2.68 bits per heavy atom. The predicted molar refractivity (Wildman–Crippen MR) is 89.9 cm³/mol. The van der Waals surface area contributed by atoms with Crippen LogP contribution in [0.5, 0.6) is 0 Å². The molecule has 0 heterocycles. The maximum absolute atomic E-state index is 13.6. The number of halogens is 1. The molecule has 0 aromatic heterocycles. The van der Waals surface area contributed by atoms with Crippen LogP contribution in [0.3, 0.4) is 0 Å². The molecule has 0 radical (unpaired) electrons. The van der Waals surface area contributed by atoms with Gasteiger partial charge in [-0.3, -0.25) is 9.59 Å². The molecule has 4 nitrogen and oxygen atoms in total. The van der Waals surface area contributed by atoms with Crippen molar-refractivity contribution in [3.05, 3.63) is 29.6 Å². The van der Waals surface area contributed by atoms with Crippen molar-refractivity contribution < 1.29 is 14.0 Å². The second kappa shape index (κ2) is 8.78. The number of hydrogen-bond donors (Lipinski definition) is 1. The zero-order chi connectivity index (χ0) is 16.7. The lowest BCUT2D eigenvalue weighted by Crippen LogP contribution is -2.35. The summed E-state index contributed by atoms with van der Waals surface area (Å²) in [6.07, 6.45) is 0.903. The third-order valence-corrected chi connectivity index (χ3v) is 4.32. The first-order valence-electron chi connectivity index (χ1n) is 7.28. The van der Waals surface area contributed by atoms with Gasteiger partial charge in [-0.15, -0.1) is 0 Å². The molecule has 1 aromatic carbocycles. The molecule has 122 valence electrons. The number of thioether (sulfide) groups is 1. The highest BCUT2D eigenvalue weighted by molar-refractivity contribution is 7.99. The molecule has 22 heavy (non-hydrogen) atoms. The molecule has 0 aliphatic heterocycles. The van der Waals surface area contributed by atoms with Crippen molar-refractivity contribution in [2.24, 2.45) is 0 Å². The number of nitrogens with zero attached hydrogens (tertiary/aromatic N) is 1. The Kier molecular flexibility index (Phi) is 7.38. The van der Waals surface area contributed by atoms with E-state index in [-0.39, 0.29) is 23.5 Å². The number of hydrogen-bond acceptors (Lipinski definition) is 3. The summed E-state index contributed by atoms with van der Waals surface area (Å²) in [5.41, 5.74) is 0.392. The highest BCUT2D eigenvalue weighted by Gasteiger charge is 2.18. The minimum atomic E-state index is -0.554. The van der Waals surface area contributed by atoms with Crippen LogP contribution < -0.4 is 5.32 Å². The van der Waals surface area contributed by atoms with Crippen LogP contribution in [0.2, 0.25) is 0 Å². The van der Waals surface area contributed by atoms with Crippen molar-refractivity contribution in [3.8, 4) is 0 Å². The van der Waals surface area contributed by atoms with E-state index in [1.807, 2.05) is 18.7 Å². The molecule has 0 aliphatic rings. The summed E-state index contributed by atoms with van der Waals surface area (Å²) < 4.78 is 13.6. The van der Waals surface area contributed by atoms with E-state index >= 15 is 0 Å². The normalized spacial score (nSPS) is 11.9. The lowest BCUT2D eigenvalue weighted by molar-refractivity contribution is -0.114. The van der Waals surface area contributed by atoms with Crippen LogP contribution in [0.25, 0.3) is 0 Å². The molecule has 0 unspecified atom stereocenters. The first-order valence-corrected chi connectivity index (χ1v) is 8.44. The van der Waals surface area contributed by atoms with E-state index in [0.717, 1.165) is 17.9 Å². The number of benzene rings is 1. The van der Waals surface area contributed by atoms with Crippen molar-refractivity contribution in [2.75, 3.05) is 23.9 Å². The average Bonchev–Trinajstić information content (AvgIpc) is 2.47. The van der Waals surface area contributed by atoms with E-state index in [0.29, 0.717) is 5.56 Å². The van der Waals surface area contributed by atoms with Crippen molar-refractivity contribution in [1.29, 1.82) is 0 Å². The molecule has 6 heteroatoms. The number of carbonyl (C=O) groups is 2. The third-order valence-electron chi connectivity index (χ3n) is 3.39. The third kappa shape index (κ3) is 5.33. The van der Waals surface area contributed by atoms with Crippen molar-refractivity contribution in [3.63, 3.8) is 0 Å². The molecule has 1 aromatic rings. The zero-order valence-electron chi connectivity index (χ0n) is 13.5. The Balaban J connectivity index is 2.81. The van der Waals surface area contributed by atoms with E-state index in [4.69, 9.17) is 0 Å². The quantitative estimate of drug-likeness (QED) is 0.781. The van der Waals surface area contributed by atoms with Gasteiger partial charge >= 0.3 is 0 Å². The molecule has 1 atom stereocenters. The van der Waals surface area contributed by atoms with Gasteiger partial charge in [0.25, 0.3) is 5.91 Å². The van der Waals surface area contributed by atoms with Crippen molar-refractivity contribution in [1.82, 2.24) is 4.90 Å². The summed E-state index contributed by atoms with van der Waals surface area (Å²) in [5.74, 6) is 0.947. The SMILES string of the molecule is CCSCC[C@H](C)N(C)C(=O)c1ccc(F)c(NC(C)=O)c1. The second-order valence-electron chi connectivity index (χ2n) is 5.13. The van der Waals surface area contributed by atoms with Gasteiger partial charge in [0, 0.05) is 25.6 Å². The molecular weight excluding hydrogens is 303 g/mol. The van der Waals surface area contributed by atoms with Crippen LogP contribution in [0.4, 0.5) is 10.1 Å². The van der Waals surface area contributed by atoms with Gasteiger partial charge in [0.05, 0.1) is 5.69 Å². The summed E-state index contributed by atoms with van der Waals surface area (Å²) in [5, 5.41) is 2.39. The van der Waals surface area contributed by atoms with Crippen LogP contribution in [-0.2, 0) is 4.79 Å². The van der Waals surface area contributed by atoms with Gasteiger partial charge in [-0.2, -0.15) is 11.8 Å². The summed E-state index contributed by atoms with van der Waals surface area (Å²) >= 11 is 1.84. The Morgan fingerprint density at radius 2 is 2.09 bits per heavy atom. The number of anilines is 1. The van der Waals surface area contributed by atoms with Gasteiger partial charge in [-0.05, 0) is 43.0 Å². The highest BCUT2D eigenvalue weighted by Crippen LogP contribution is 2.18. The van der Waals surface area contributed by atoms with Gasteiger partial charge in [0.1, 0.15) is 5.82 Å². The molecule has 1 rings (SSSR count). The summed E-state index contributed by atoms with van der Waals surface area (Å²) in [7, 11) is 1.74. The fraction of sp³-hybridized carbons (Fsp3) is 0.500. The number of amides is 2. The topological polar surface area (TPSA) is 49.4 Å². The van der Waals surface area contributed by atoms with Gasteiger partial charge < -0.3 is 10.2 Å². The van der Waals surface area contributed by atoms with Gasteiger partial charge in [-0.25, -0.2) is 4.39 Å². The first-order chi connectivity index (χ1) is 10.4. The van der Waals surface area contributed by atoms with Crippen LogP contribution in [0.1, 0.15) is 37.6 Å². The van der Waals surface area contributed by atoms with E-state index in [1.54, 1.807) is 11.9 Å². The van der Waals surface area contributed by atoms with E-state index < -0.39 is 5.82 Å². The molecule has 0 saturated heterocycles. The highest BCUT2D eigenvalue weighted by atomic mass is 32.2. The minimum absolute atomic E-state index is 0.0286. The fourth-order valence-corrected chi connectivity index (χ4v) is 2.74. The number of rotatable bonds is 7. The fourth-order valence-electron chi connectivity index (χ4n) is 1.94. The molecule has 2 amide bonds. The van der Waals surface area contributed by atoms with E-state index in [9.17, 15) is 14.0 Å². The van der Waals surface area contributed by atoms with Gasteiger partial charge in [0.15, 0.2) is 0 Å². The maximum atomic E-state index is 13.6. The maximum Gasteiger partial charge on any atom is 0.253 e. The van der Waals surface area contributed by atoms with E-state index in [1.165, 1.54) is 25.1 Å². The van der Waals surface area contributed by atoms with E-state index in [2.05, 4.69) is 12.2 Å². The van der Waals surface area contributed by atoms with Crippen LogP contribution in [0, 0.1) is 5.82 Å². The molecule has 1 N–H and O–H groups in total. The Labute approximate surface area is 135 Å². The average molecular weight is 326 g/mol. The monoisotopic (exact) mass is 326 g/mol. The summed E-state index contributed by atoms with van der Waals surface area (Å²) in [6.45, 7) is 5.40. The number of nitrogens with one attached hydrogen (secondary N) is 1. The molecule has 0 bridgehead atoms. The Hall–Kier alpha value is -1.56. The molecule has 0 saturated carbocycles. The van der Waals surface area contributed by atoms with Crippen LogP contribution >= 0.6 is 11.8 Å². The predicted octanol–water partition coefficient (Wildman–Crippen LogP) is 3.39. The Morgan fingerprint density at radius 1 is 1.41 bits per heavy atom. The van der Waals surface area contributed by atoms with Gasteiger partial charge in [-0.1, -0.05) is 6.92 Å². The minimum Gasteiger partial charge on any atom is -0.339 e. The van der Waals surface area contributed by atoms with Gasteiger partial charge in [0.2, 0.25) is 5.91 Å². The zero-order valence-corrected chi connectivity index (χ0v) is 14.3. The Bertz CT molecular complexity index is 537. The number of carbonyl (C=O) groups excluding carboxylic acids is 2. The largest absolute Gasteiger partial charge is 0.339 e. The lowest BCUT2D eigenvalue weighted by atomic mass is 10.1. The van der Waals surface area contributed by atoms with Crippen LogP contribution in [-0.4, -0.2) is 41.3 Å². The lowest BCUT2D eigenvalue weighted by Gasteiger charge is -2.25. The molecule has 0 spiro atoms. The molecular formula is C16H23FN2O2S. The molecule has 0 fully saturated rings. The smallest absolute Gasteiger partial charge is 0.253 e. The van der Waals surface area contributed by atoms with Crippen molar-refractivity contribution >= 4 is 29.3 Å². The standard InChI is InChI=1S/C16H23FN2O2S/c1-5-22-9-8-11(2)19(4)16(21)13-6-7-14(17)15(10-13)18-12(3)20/h6-7,10-11H,5,8-9H2,1-4H3,(H,18,20)/t11-/m0/s1. The second-order valence-corrected chi connectivity index (χ2v) is 6.52. The summed E-state index contributed by atoms with van der Waals surface area (Å²) in [4.78, 5) is 25.2. The van der Waals surface area contributed by atoms with Crippen molar-refractivity contribution in [2.45, 2.75) is 33.2 Å².